The van der Waals surface area contributed by atoms with Crippen LogP contribution in [0.15, 0.2) is 27.7 Å². The summed E-state index contributed by atoms with van der Waals surface area (Å²) in [6, 6.07) is 5.22. The number of aryl methyl sites for hydroxylation is 1. The van der Waals surface area contributed by atoms with Crippen LogP contribution in [0.2, 0.25) is 0 Å². The van der Waals surface area contributed by atoms with Crippen LogP contribution in [0, 0.1) is 5.82 Å². The van der Waals surface area contributed by atoms with Crippen LogP contribution in [0.4, 0.5) is 4.39 Å². The summed E-state index contributed by atoms with van der Waals surface area (Å²) in [5, 5.41) is 6.56. The minimum Gasteiger partial charge on any atom is -0.356 e. The van der Waals surface area contributed by atoms with Crippen molar-refractivity contribution in [2.24, 2.45) is 4.99 Å². The quantitative estimate of drug-likeness (QED) is 0.220. The van der Waals surface area contributed by atoms with Gasteiger partial charge in [-0.15, -0.1) is 24.0 Å². The van der Waals surface area contributed by atoms with Gasteiger partial charge in [-0.1, -0.05) is 22.0 Å². The first kappa shape index (κ1) is 23.0. The Bertz CT molecular complexity index is 475. The maximum Gasteiger partial charge on any atom is 0.190 e. The van der Waals surface area contributed by atoms with Crippen LogP contribution in [0.5, 0.6) is 0 Å². The number of guanidine groups is 1. The molecule has 3 nitrogen and oxygen atoms in total. The minimum absolute atomic E-state index is 0. The summed E-state index contributed by atoms with van der Waals surface area (Å²) in [6.07, 6.45) is 6.07. The maximum absolute atomic E-state index is 13.7. The molecule has 0 aromatic heterocycles. The first-order valence-corrected chi connectivity index (χ1v) is 9.73. The molecule has 0 radical (unpaired) electrons. The Balaban J connectivity index is 0.00000484. The second-order valence-electron chi connectivity index (χ2n) is 4.96. The van der Waals surface area contributed by atoms with Crippen molar-refractivity contribution in [3.05, 3.63) is 34.1 Å². The number of unbranched alkanes of at least 4 members (excludes halogenated alkanes) is 1. The van der Waals surface area contributed by atoms with Crippen molar-refractivity contribution in [1.82, 2.24) is 10.6 Å². The largest absolute Gasteiger partial charge is 0.356 e. The van der Waals surface area contributed by atoms with E-state index in [-0.39, 0.29) is 29.8 Å². The summed E-state index contributed by atoms with van der Waals surface area (Å²) < 4.78 is 14.5. The van der Waals surface area contributed by atoms with Gasteiger partial charge in [0.1, 0.15) is 5.82 Å². The van der Waals surface area contributed by atoms with E-state index in [1.165, 1.54) is 18.2 Å². The third-order valence-electron chi connectivity index (χ3n) is 3.22. The molecule has 0 saturated carbocycles. The lowest BCUT2D eigenvalue weighted by molar-refractivity contribution is 0.601. The monoisotopic (exact) mass is 517 g/mol. The Hall–Kier alpha value is -0.0200. The minimum atomic E-state index is -0.148. The predicted octanol–water partition coefficient (Wildman–Crippen LogP) is 4.45. The average Bonchev–Trinajstić information content (AvgIpc) is 2.51. The molecule has 0 unspecified atom stereocenters. The van der Waals surface area contributed by atoms with Crippen molar-refractivity contribution >= 4 is 57.6 Å². The van der Waals surface area contributed by atoms with Crippen molar-refractivity contribution in [3.63, 3.8) is 0 Å². The van der Waals surface area contributed by atoms with Crippen LogP contribution in [0.1, 0.15) is 24.8 Å². The van der Waals surface area contributed by atoms with Gasteiger partial charge in [0.15, 0.2) is 5.96 Å². The molecule has 1 aromatic carbocycles. The van der Waals surface area contributed by atoms with Crippen LogP contribution < -0.4 is 10.6 Å². The van der Waals surface area contributed by atoms with Crippen LogP contribution >= 0.6 is 51.7 Å². The van der Waals surface area contributed by atoms with E-state index < -0.39 is 0 Å². The van der Waals surface area contributed by atoms with E-state index in [1.807, 2.05) is 23.9 Å². The molecule has 0 bridgehead atoms. The Morgan fingerprint density at radius 1 is 1.22 bits per heavy atom. The SMILES string of the molecule is CN=C(NCCCCSC)NCCCc1ccc(Br)cc1F.I. The summed E-state index contributed by atoms with van der Waals surface area (Å²) in [4.78, 5) is 4.19. The molecular formula is C16H26BrFIN3S. The smallest absolute Gasteiger partial charge is 0.190 e. The number of benzene rings is 1. The fourth-order valence-corrected chi connectivity index (χ4v) is 2.83. The molecule has 132 valence electrons. The van der Waals surface area contributed by atoms with Crippen LogP contribution in [-0.2, 0) is 6.42 Å². The van der Waals surface area contributed by atoms with Gasteiger partial charge in [0.25, 0.3) is 0 Å². The van der Waals surface area contributed by atoms with E-state index in [9.17, 15) is 4.39 Å². The molecule has 0 spiro atoms. The molecule has 0 fully saturated rings. The lowest BCUT2D eigenvalue weighted by atomic mass is 10.1. The van der Waals surface area contributed by atoms with Crippen molar-refractivity contribution in [3.8, 4) is 0 Å². The molecule has 0 heterocycles. The number of thioether (sulfide) groups is 1. The third-order valence-corrected chi connectivity index (χ3v) is 4.41. The fraction of sp³-hybridized carbons (Fsp3) is 0.562. The van der Waals surface area contributed by atoms with Crippen LogP contribution in [0.25, 0.3) is 0 Å². The number of aliphatic imine (C=N–C) groups is 1. The van der Waals surface area contributed by atoms with E-state index in [1.54, 1.807) is 7.05 Å². The number of halogens is 3. The van der Waals surface area contributed by atoms with E-state index in [0.717, 1.165) is 48.3 Å². The third kappa shape index (κ3) is 10.4. The standard InChI is InChI=1S/C16H25BrFN3S.HI/c1-19-16(20-9-3-4-11-22-2)21-10-5-6-13-7-8-14(17)12-15(13)18;/h7-8,12H,3-6,9-11H2,1-2H3,(H2,19,20,21);1H. The lowest BCUT2D eigenvalue weighted by Gasteiger charge is -2.12. The molecule has 2 N–H and O–H groups in total. The summed E-state index contributed by atoms with van der Waals surface area (Å²) in [5.74, 6) is 1.87. The molecule has 1 rings (SSSR count). The Morgan fingerprint density at radius 3 is 2.52 bits per heavy atom. The van der Waals surface area contributed by atoms with Crippen LogP contribution in [0.3, 0.4) is 0 Å². The average molecular weight is 518 g/mol. The Kier molecular flexibility index (Phi) is 14.3. The lowest BCUT2D eigenvalue weighted by Crippen LogP contribution is -2.38. The van der Waals surface area contributed by atoms with E-state index >= 15 is 0 Å². The Labute approximate surface area is 168 Å². The molecule has 0 saturated heterocycles. The highest BCUT2D eigenvalue weighted by Crippen LogP contribution is 2.16. The second kappa shape index (κ2) is 14.3. The van der Waals surface area contributed by atoms with E-state index in [2.05, 4.69) is 37.8 Å². The molecule has 0 aliphatic heterocycles. The normalized spacial score (nSPS) is 11.0. The molecule has 0 aliphatic rings. The Morgan fingerprint density at radius 2 is 1.91 bits per heavy atom. The maximum atomic E-state index is 13.7. The highest BCUT2D eigenvalue weighted by molar-refractivity contribution is 14.0. The van der Waals surface area contributed by atoms with Gasteiger partial charge in [-0.3, -0.25) is 4.99 Å². The molecule has 0 amide bonds. The van der Waals surface area contributed by atoms with Crippen molar-refractivity contribution < 1.29 is 4.39 Å². The number of rotatable bonds is 9. The summed E-state index contributed by atoms with van der Waals surface area (Å²) in [5.41, 5.74) is 0.755. The highest BCUT2D eigenvalue weighted by atomic mass is 127. The number of nitrogens with one attached hydrogen (secondary N) is 2. The van der Waals surface area contributed by atoms with E-state index in [0.29, 0.717) is 0 Å². The highest BCUT2D eigenvalue weighted by Gasteiger charge is 2.03. The van der Waals surface area contributed by atoms with Gasteiger partial charge in [0.05, 0.1) is 0 Å². The molecule has 7 heteroatoms. The number of nitrogens with zero attached hydrogens (tertiary/aromatic N) is 1. The molecule has 23 heavy (non-hydrogen) atoms. The van der Waals surface area contributed by atoms with Gasteiger partial charge in [-0.25, -0.2) is 4.39 Å². The van der Waals surface area contributed by atoms with E-state index in [4.69, 9.17) is 0 Å². The predicted molar refractivity (Wildman–Crippen MR) is 115 cm³/mol. The van der Waals surface area contributed by atoms with Gasteiger partial charge in [-0.05, 0) is 55.4 Å². The zero-order valence-electron chi connectivity index (χ0n) is 13.7. The molecular weight excluding hydrogens is 492 g/mol. The molecule has 0 atom stereocenters. The van der Waals surface area contributed by atoms with Crippen LogP contribution in [-0.4, -0.2) is 38.1 Å². The van der Waals surface area contributed by atoms with Crippen molar-refractivity contribution in [2.75, 3.05) is 32.1 Å². The number of hydrogen-bond acceptors (Lipinski definition) is 2. The van der Waals surface area contributed by atoms with Gasteiger partial charge in [-0.2, -0.15) is 11.8 Å². The van der Waals surface area contributed by atoms with Crippen molar-refractivity contribution in [1.29, 1.82) is 0 Å². The summed E-state index contributed by atoms with van der Waals surface area (Å²) in [6.45, 7) is 1.71. The van der Waals surface area contributed by atoms with Gasteiger partial charge >= 0.3 is 0 Å². The number of hydrogen-bond donors (Lipinski definition) is 2. The summed E-state index contributed by atoms with van der Waals surface area (Å²) in [7, 11) is 1.77. The van der Waals surface area contributed by atoms with Crippen molar-refractivity contribution in [2.45, 2.75) is 25.7 Å². The zero-order valence-corrected chi connectivity index (χ0v) is 18.4. The van der Waals surface area contributed by atoms with Gasteiger partial charge in [0, 0.05) is 24.6 Å². The fourth-order valence-electron chi connectivity index (χ4n) is 2.01. The second-order valence-corrected chi connectivity index (χ2v) is 6.87. The van der Waals surface area contributed by atoms with Gasteiger partial charge in [0.2, 0.25) is 0 Å². The molecule has 0 aliphatic carbocycles. The summed E-state index contributed by atoms with van der Waals surface area (Å²) >= 11 is 5.14. The molecule has 1 aromatic rings. The first-order valence-electron chi connectivity index (χ1n) is 7.54. The topological polar surface area (TPSA) is 36.4 Å². The van der Waals surface area contributed by atoms with Gasteiger partial charge < -0.3 is 10.6 Å². The zero-order chi connectivity index (χ0) is 16.2. The first-order chi connectivity index (χ1) is 10.7.